The van der Waals surface area contributed by atoms with Gasteiger partial charge in [0.15, 0.2) is 0 Å². The van der Waals surface area contributed by atoms with E-state index in [1.807, 2.05) is 36.4 Å². The van der Waals surface area contributed by atoms with Gasteiger partial charge < -0.3 is 13.9 Å². The molecule has 0 amide bonds. The average Bonchev–Trinajstić information content (AvgIpc) is 1.64. The summed E-state index contributed by atoms with van der Waals surface area (Å²) in [5.41, 5.74) is 3.72. The SMILES string of the molecule is [2H]c1c([2H])c([2H])c(-c2cccc3c2-[n+]2[c-]n(-c4[c-]c(Oc5[c-]c6c(cc5)c5ccccc5n6-c5cc(C(C)(C)C)ccn5)ccc4)c4ccc(-c5c(C([2H])([2H])[2H])cccc5C([2H])([2H])[2H])c(c42)-c2ccccc2-c2c([2H])c([2H])c([2H])c([2H])c2-3)c([2H])c1[2H].[Pt]. The van der Waals surface area contributed by atoms with Crippen molar-refractivity contribution in [1.29, 1.82) is 0 Å². The molecular formula is C66H48N4OPt-2. The molecule has 3 aromatic heterocycles. The van der Waals surface area contributed by atoms with Gasteiger partial charge in [-0.05, 0) is 121 Å². The van der Waals surface area contributed by atoms with Gasteiger partial charge in [0, 0.05) is 52.5 Å². The Kier molecular flexibility index (Phi) is 7.66. The Morgan fingerprint density at radius 1 is 0.583 bits per heavy atom. The molecule has 0 spiro atoms. The average molecular weight is 1120 g/mol. The van der Waals surface area contributed by atoms with Gasteiger partial charge in [-0.25, -0.2) is 4.98 Å². The van der Waals surface area contributed by atoms with Crippen LogP contribution in [0.2, 0.25) is 0 Å². The fourth-order valence-corrected chi connectivity index (χ4v) is 9.99. The van der Waals surface area contributed by atoms with Gasteiger partial charge in [-0.3, -0.25) is 4.57 Å². The molecule has 6 heteroatoms. The molecule has 13 rings (SSSR count). The molecular weight excluding hydrogens is 1060 g/mol. The Hall–Kier alpha value is -8.11. The molecule has 0 saturated carbocycles. The minimum atomic E-state index is -2.88. The van der Waals surface area contributed by atoms with Gasteiger partial charge in [0.1, 0.15) is 5.82 Å². The Morgan fingerprint density at radius 2 is 1.28 bits per heavy atom. The molecule has 1 aliphatic heterocycles. The summed E-state index contributed by atoms with van der Waals surface area (Å²) >= 11 is 0. The number of benzene rings is 9. The zero-order chi connectivity index (χ0) is 60.8. The largest absolute Gasteiger partial charge is 0.510 e. The molecule has 0 atom stereocenters. The van der Waals surface area contributed by atoms with Gasteiger partial charge in [-0.2, -0.15) is 18.2 Å². The van der Waals surface area contributed by atoms with E-state index in [9.17, 15) is 5.48 Å². The van der Waals surface area contributed by atoms with Crippen LogP contribution in [-0.2, 0) is 26.5 Å². The van der Waals surface area contributed by atoms with Gasteiger partial charge in [0.25, 0.3) is 6.33 Å². The maximum Gasteiger partial charge on any atom is 0.268 e. The number of rotatable bonds is 6. The summed E-state index contributed by atoms with van der Waals surface area (Å²) in [5, 5.41) is 1.91. The van der Waals surface area contributed by atoms with Crippen LogP contribution in [0, 0.1) is 32.2 Å². The van der Waals surface area contributed by atoms with Crippen molar-refractivity contribution < 1.29 is 50.9 Å². The Labute approximate surface area is 455 Å². The minimum absolute atomic E-state index is 0. The zero-order valence-corrected chi connectivity index (χ0v) is 41.1. The van der Waals surface area contributed by atoms with Crippen molar-refractivity contribution in [2.24, 2.45) is 0 Å². The topological polar surface area (TPSA) is 35.9 Å². The van der Waals surface area contributed by atoms with Crippen molar-refractivity contribution in [3.63, 3.8) is 0 Å². The van der Waals surface area contributed by atoms with E-state index in [1.165, 1.54) is 18.2 Å². The van der Waals surface area contributed by atoms with Crippen molar-refractivity contribution in [2.45, 2.75) is 39.9 Å². The van der Waals surface area contributed by atoms with Crippen LogP contribution < -0.4 is 9.30 Å². The summed E-state index contributed by atoms with van der Waals surface area (Å²) in [6.07, 6.45) is 5.31. The first kappa shape index (κ1) is 31.3. The number of imidazole rings is 1. The van der Waals surface area contributed by atoms with E-state index >= 15 is 0 Å². The van der Waals surface area contributed by atoms with Crippen LogP contribution in [0.1, 0.15) is 58.0 Å². The van der Waals surface area contributed by atoms with Crippen LogP contribution >= 0.6 is 0 Å². The number of para-hydroxylation sites is 2. The van der Waals surface area contributed by atoms with Gasteiger partial charge in [0.05, 0.1) is 29.1 Å². The van der Waals surface area contributed by atoms with E-state index in [4.69, 9.17) is 24.8 Å². The normalized spacial score (nSPS) is 15.2. The Morgan fingerprint density at radius 3 is 2.08 bits per heavy atom. The number of ether oxygens (including phenoxy) is 1. The molecule has 0 unspecified atom stereocenters. The van der Waals surface area contributed by atoms with E-state index in [2.05, 4.69) is 55.9 Å². The summed E-state index contributed by atoms with van der Waals surface area (Å²) in [5.74, 6) is 1.30. The van der Waals surface area contributed by atoms with Crippen molar-refractivity contribution in [2.75, 3.05) is 0 Å². The van der Waals surface area contributed by atoms with Gasteiger partial charge in [-0.15, -0.1) is 29.7 Å². The van der Waals surface area contributed by atoms with Gasteiger partial charge in [0.2, 0.25) is 0 Å². The molecule has 1 aliphatic rings. The second-order valence-electron chi connectivity index (χ2n) is 18.4. The molecule has 0 N–H and O–H groups in total. The third-order valence-corrected chi connectivity index (χ3v) is 13.2. The maximum atomic E-state index is 9.75. The molecule has 12 aromatic rings. The molecule has 0 fully saturated rings. The summed E-state index contributed by atoms with van der Waals surface area (Å²) < 4.78 is 148. The van der Waals surface area contributed by atoms with Crippen molar-refractivity contribution in [3.05, 3.63) is 235 Å². The van der Waals surface area contributed by atoms with Crippen molar-refractivity contribution >= 4 is 32.8 Å². The second-order valence-corrected chi connectivity index (χ2v) is 18.4. The van der Waals surface area contributed by atoms with Crippen LogP contribution in [0.5, 0.6) is 11.5 Å². The number of fused-ring (bicyclic) bond motifs is 10. The monoisotopic (exact) mass is 1120 g/mol. The van der Waals surface area contributed by atoms with Crippen LogP contribution in [0.25, 0.3) is 106 Å². The molecule has 0 bridgehead atoms. The Bertz CT molecular complexity index is 4820. The second kappa shape index (κ2) is 17.6. The van der Waals surface area contributed by atoms with Crippen LogP contribution in [0.4, 0.5) is 0 Å². The zero-order valence-electron chi connectivity index (χ0n) is 53.9. The summed E-state index contributed by atoms with van der Waals surface area (Å²) in [4.78, 5) is 4.83. The number of aryl methyl sites for hydroxylation is 2. The third-order valence-electron chi connectivity index (χ3n) is 13.2. The Balaban J connectivity index is 0.00000739. The maximum absolute atomic E-state index is 9.75. The fourth-order valence-electron chi connectivity index (χ4n) is 9.99. The first-order valence-corrected chi connectivity index (χ1v) is 23.1. The van der Waals surface area contributed by atoms with E-state index in [-0.39, 0.29) is 105 Å². The molecule has 4 heterocycles. The van der Waals surface area contributed by atoms with Crippen LogP contribution in [-0.4, -0.2) is 14.1 Å². The standard InChI is InChI=1S/C66H48N4O.Pt/c1-42-18-15-19-43(2)62(42)57-34-35-59-65-63(57)55-28-12-11-25-51(55)50-24-9-10-26-52(50)56-30-17-29-49(44-20-7-6-8-21-44)64(56)69(65)41-68(59)46-22-16-23-47(39-46)71-48-32-33-54-53-27-13-14-31-58(53)70(60(54)40-48)61-38-45(36-37-67-61)66(3,4)5;/h6-38H,1-5H3;/q-2;/i1D3,2D3,6D,7D,8D,9D,10D,20D,21D,24D,26D;. The molecule has 0 radical (unpaired) electrons. The van der Waals surface area contributed by atoms with Gasteiger partial charge >= 0.3 is 0 Å². The number of nitrogens with zero attached hydrogens (tertiary/aromatic N) is 4. The number of aromatic nitrogens is 4. The first-order chi connectivity index (χ1) is 40.8. The quantitative estimate of drug-likeness (QED) is 0.123. The number of hydrogen-bond donors (Lipinski definition) is 0. The van der Waals surface area contributed by atoms with Crippen LogP contribution in [0.15, 0.2) is 200 Å². The predicted octanol–water partition coefficient (Wildman–Crippen LogP) is 16.2. The smallest absolute Gasteiger partial charge is 0.268 e. The molecule has 72 heavy (non-hydrogen) atoms. The van der Waals surface area contributed by atoms with E-state index in [1.54, 1.807) is 88.1 Å². The molecule has 9 aromatic carbocycles. The first-order valence-electron chi connectivity index (χ1n) is 30.6. The summed E-state index contributed by atoms with van der Waals surface area (Å²) in [6, 6.07) is 42.0. The third kappa shape index (κ3) is 7.33. The van der Waals surface area contributed by atoms with Crippen molar-refractivity contribution in [1.82, 2.24) is 14.1 Å². The summed E-state index contributed by atoms with van der Waals surface area (Å²) in [6.45, 7) is 0.687. The van der Waals surface area contributed by atoms with E-state index in [0.29, 0.717) is 28.3 Å². The van der Waals surface area contributed by atoms with Crippen molar-refractivity contribution in [3.8, 4) is 84.3 Å². The predicted molar refractivity (Wildman–Crippen MR) is 289 cm³/mol. The number of pyridine rings is 1. The molecule has 350 valence electrons. The van der Waals surface area contributed by atoms with Gasteiger partial charge in [-0.1, -0.05) is 172 Å². The van der Waals surface area contributed by atoms with E-state index in [0.717, 1.165) is 27.4 Å². The molecule has 5 nitrogen and oxygen atoms in total. The van der Waals surface area contributed by atoms with E-state index < -0.39 is 68.1 Å². The molecule has 0 saturated heterocycles. The number of hydrogen-bond acceptors (Lipinski definition) is 2. The fraction of sp³-hybridized carbons (Fsp3) is 0.0909. The molecule has 0 aliphatic carbocycles. The minimum Gasteiger partial charge on any atom is -0.510 e. The summed E-state index contributed by atoms with van der Waals surface area (Å²) in [7, 11) is 0. The van der Waals surface area contributed by atoms with Crippen LogP contribution in [0.3, 0.4) is 0 Å².